The van der Waals surface area contributed by atoms with Crippen molar-refractivity contribution in [2.24, 2.45) is 23.7 Å². The molecule has 3 aliphatic rings. The number of carbonyl (C=O) groups excluding carboxylic acids is 5. The van der Waals surface area contributed by atoms with Crippen molar-refractivity contribution in [3.05, 3.63) is 11.8 Å². The zero-order valence-corrected chi connectivity index (χ0v) is 32.5. The van der Waals surface area contributed by atoms with Crippen molar-refractivity contribution in [1.82, 2.24) is 15.1 Å². The highest BCUT2D eigenvalue weighted by molar-refractivity contribution is 5.99. The van der Waals surface area contributed by atoms with Gasteiger partial charge < -0.3 is 39.2 Å². The SMILES string of the molecule is CC1CC(N(C)C)CC(O)O1.CCC[C@@H](C)C(=O)C(C)C1NC(=O)O[C@]1(C)[C@@H](CC)OC(=O)[C@H](C)C(=O)[C@H](C)COC=O.CN1C=C(C#N)CC1. The normalized spacial score (nSPS) is 26.9. The number of ketones is 2. The number of nitrogens with one attached hydrogen (secondary N) is 1. The Bertz CT molecular complexity index is 1230. The van der Waals surface area contributed by atoms with Crippen molar-refractivity contribution in [2.45, 2.75) is 130 Å². The molecule has 0 saturated carbocycles. The van der Waals surface area contributed by atoms with E-state index in [1.807, 2.05) is 53.0 Å². The highest BCUT2D eigenvalue weighted by Gasteiger charge is 2.55. The molecular weight excluding hydrogens is 660 g/mol. The second-order valence-corrected chi connectivity index (χ2v) is 14.4. The van der Waals surface area contributed by atoms with Crippen LogP contribution < -0.4 is 5.32 Å². The van der Waals surface area contributed by atoms with Crippen LogP contribution in [0.2, 0.25) is 0 Å². The van der Waals surface area contributed by atoms with Crippen LogP contribution in [0.25, 0.3) is 0 Å². The van der Waals surface area contributed by atoms with Gasteiger partial charge in [-0.15, -0.1) is 0 Å². The molecular formula is C37H62N4O10. The van der Waals surface area contributed by atoms with Gasteiger partial charge in [0.15, 0.2) is 17.7 Å². The monoisotopic (exact) mass is 722 g/mol. The zero-order chi connectivity index (χ0) is 39.1. The predicted molar refractivity (Wildman–Crippen MR) is 190 cm³/mol. The van der Waals surface area contributed by atoms with Crippen LogP contribution in [0.3, 0.4) is 0 Å². The molecule has 3 aliphatic heterocycles. The van der Waals surface area contributed by atoms with Gasteiger partial charge in [0.2, 0.25) is 0 Å². The average Bonchev–Trinajstić information content (AvgIpc) is 3.65. The third kappa shape index (κ3) is 13.8. The van der Waals surface area contributed by atoms with E-state index in [1.54, 1.807) is 27.7 Å². The number of hydrogen-bond acceptors (Lipinski definition) is 13. The molecule has 5 unspecified atom stereocenters. The lowest BCUT2D eigenvalue weighted by molar-refractivity contribution is -0.172. The van der Waals surface area contributed by atoms with Crippen molar-refractivity contribution in [1.29, 1.82) is 5.26 Å². The summed E-state index contributed by atoms with van der Waals surface area (Å²) in [7, 11) is 6.05. The Morgan fingerprint density at radius 2 is 1.82 bits per heavy atom. The maximum absolute atomic E-state index is 12.9. The number of cyclic esters (lactones) is 1. The number of aliphatic hydroxyl groups is 1. The number of esters is 1. The summed E-state index contributed by atoms with van der Waals surface area (Å²) in [6.07, 6.45) is 4.54. The van der Waals surface area contributed by atoms with Gasteiger partial charge in [-0.3, -0.25) is 19.2 Å². The fourth-order valence-electron chi connectivity index (χ4n) is 6.59. The summed E-state index contributed by atoms with van der Waals surface area (Å²) in [4.78, 5) is 64.8. The van der Waals surface area contributed by atoms with E-state index < -0.39 is 59.6 Å². The van der Waals surface area contributed by atoms with Crippen molar-refractivity contribution in [3.63, 3.8) is 0 Å². The van der Waals surface area contributed by atoms with Crippen LogP contribution in [-0.2, 0) is 38.1 Å². The molecule has 2 fully saturated rings. The highest BCUT2D eigenvalue weighted by atomic mass is 16.6. The van der Waals surface area contributed by atoms with Gasteiger partial charge in [0.25, 0.3) is 6.47 Å². The summed E-state index contributed by atoms with van der Waals surface area (Å²) < 4.78 is 21.0. The number of amides is 1. The Kier molecular flexibility index (Phi) is 19.4. The molecule has 0 radical (unpaired) electrons. The molecule has 1 amide bonds. The molecule has 14 heteroatoms. The van der Waals surface area contributed by atoms with Gasteiger partial charge in [-0.2, -0.15) is 5.26 Å². The van der Waals surface area contributed by atoms with Crippen molar-refractivity contribution >= 4 is 30.1 Å². The predicted octanol–water partition coefficient (Wildman–Crippen LogP) is 3.99. The van der Waals surface area contributed by atoms with Crippen molar-refractivity contribution in [2.75, 3.05) is 34.3 Å². The number of alkyl carbamates (subject to hydrolysis) is 1. The number of carbonyl (C=O) groups is 5. The lowest BCUT2D eigenvalue weighted by Gasteiger charge is -2.38. The minimum absolute atomic E-state index is 0.00241. The maximum atomic E-state index is 12.9. The van der Waals surface area contributed by atoms with Gasteiger partial charge in [-0.25, -0.2) is 4.79 Å². The van der Waals surface area contributed by atoms with Gasteiger partial charge in [-0.05, 0) is 54.1 Å². The van der Waals surface area contributed by atoms with E-state index in [1.165, 1.54) is 6.92 Å². The van der Waals surface area contributed by atoms with Crippen LogP contribution in [0.15, 0.2) is 11.8 Å². The summed E-state index contributed by atoms with van der Waals surface area (Å²) >= 11 is 0. The summed E-state index contributed by atoms with van der Waals surface area (Å²) in [6.45, 7) is 15.1. The first kappa shape index (κ1) is 45.5. The van der Waals surface area contributed by atoms with Crippen LogP contribution in [0.5, 0.6) is 0 Å². The number of nitriles is 1. The standard InChI is InChI=1S/C23H37NO8.C8H17NO2.C6H8N2/c1-8-10-13(3)18(26)15(5)20-23(7,32-22(29)24-20)17(9-2)31-21(28)16(6)19(27)14(4)11-30-12-25;1-6-4-7(9(2)3)5-8(10)11-6;1-8-3-2-6(4-7)5-8/h12-17,20H,8-11H2,1-7H3,(H,24,29);6-8,10H,4-5H2,1-3H3;5H,2-3H2,1H3/t13-,14-,15?,16-,17-,20?,23-;;/m1../s1. The Balaban J connectivity index is 0.000000547. The molecule has 0 aromatic heterocycles. The third-order valence-electron chi connectivity index (χ3n) is 9.76. The van der Waals surface area contributed by atoms with Gasteiger partial charge in [-0.1, -0.05) is 41.0 Å². The van der Waals surface area contributed by atoms with Crippen LogP contribution in [0.4, 0.5) is 4.79 Å². The lowest BCUT2D eigenvalue weighted by Crippen LogP contribution is -2.56. The first-order chi connectivity index (χ1) is 23.9. The lowest BCUT2D eigenvalue weighted by atomic mass is 9.77. The van der Waals surface area contributed by atoms with Gasteiger partial charge in [0.1, 0.15) is 24.4 Å². The molecule has 0 spiro atoms. The fraction of sp³-hybridized carbons (Fsp3) is 0.784. The number of Topliss-reactive ketones (excluding diaryl/α,β-unsaturated/α-hetero) is 2. The third-order valence-corrected chi connectivity index (χ3v) is 9.76. The number of rotatable bonds is 15. The van der Waals surface area contributed by atoms with Crippen LogP contribution in [0.1, 0.15) is 93.9 Å². The highest BCUT2D eigenvalue weighted by Crippen LogP contribution is 2.36. The zero-order valence-electron chi connectivity index (χ0n) is 32.5. The first-order valence-electron chi connectivity index (χ1n) is 18.0. The van der Waals surface area contributed by atoms with Crippen molar-refractivity contribution in [3.8, 4) is 6.07 Å². The largest absolute Gasteiger partial charge is 0.467 e. The molecule has 14 nitrogen and oxygen atoms in total. The fourth-order valence-corrected chi connectivity index (χ4v) is 6.59. The van der Waals surface area contributed by atoms with Gasteiger partial charge in [0, 0.05) is 62.0 Å². The maximum Gasteiger partial charge on any atom is 0.408 e. The summed E-state index contributed by atoms with van der Waals surface area (Å²) in [5.41, 5.74) is -0.384. The van der Waals surface area contributed by atoms with Crippen LogP contribution >= 0.6 is 0 Å². The molecule has 0 aromatic carbocycles. The second kappa shape index (κ2) is 21.7. The molecule has 0 bridgehead atoms. The van der Waals surface area contributed by atoms with E-state index in [9.17, 15) is 29.1 Å². The average molecular weight is 723 g/mol. The van der Waals surface area contributed by atoms with E-state index in [4.69, 9.17) is 19.5 Å². The first-order valence-corrected chi connectivity index (χ1v) is 18.0. The van der Waals surface area contributed by atoms with Crippen molar-refractivity contribution < 1.29 is 48.0 Å². The van der Waals surface area contributed by atoms with Crippen LogP contribution in [-0.4, -0.2) is 115 Å². The van der Waals surface area contributed by atoms with Gasteiger partial charge in [0.05, 0.1) is 18.2 Å². The quantitative estimate of drug-likeness (QED) is 0.107. The Morgan fingerprint density at radius 1 is 1.18 bits per heavy atom. The smallest absolute Gasteiger partial charge is 0.408 e. The number of ether oxygens (including phenoxy) is 4. The topological polar surface area (TPSA) is 185 Å². The minimum atomic E-state index is -1.28. The summed E-state index contributed by atoms with van der Waals surface area (Å²) in [5, 5.41) is 20.3. The Hall–Kier alpha value is -3.54. The molecule has 10 atom stereocenters. The van der Waals surface area contributed by atoms with Crippen LogP contribution in [0, 0.1) is 35.0 Å². The molecule has 3 heterocycles. The molecule has 290 valence electrons. The summed E-state index contributed by atoms with van der Waals surface area (Å²) in [5.74, 6) is -3.68. The number of hydrogen-bond donors (Lipinski definition) is 2. The second-order valence-electron chi connectivity index (χ2n) is 14.4. The van der Waals surface area contributed by atoms with E-state index in [2.05, 4.69) is 21.0 Å². The van der Waals surface area contributed by atoms with E-state index >= 15 is 0 Å². The molecule has 2 saturated heterocycles. The molecule has 51 heavy (non-hydrogen) atoms. The van der Waals surface area contributed by atoms with E-state index in [-0.39, 0.29) is 30.9 Å². The molecule has 0 aromatic rings. The molecule has 0 aliphatic carbocycles. The number of nitrogens with zero attached hydrogens (tertiary/aromatic N) is 3. The Morgan fingerprint density at radius 3 is 2.29 bits per heavy atom. The van der Waals surface area contributed by atoms with Gasteiger partial charge >= 0.3 is 12.1 Å². The minimum Gasteiger partial charge on any atom is -0.467 e. The van der Waals surface area contributed by atoms with E-state index in [0.29, 0.717) is 12.5 Å². The molecule has 2 N–H and O–H groups in total. The molecule has 3 rings (SSSR count). The summed E-state index contributed by atoms with van der Waals surface area (Å²) in [6, 6.07) is 1.89. The number of aliphatic hydroxyl groups excluding tert-OH is 1. The Labute approximate surface area is 304 Å². The van der Waals surface area contributed by atoms with E-state index in [0.717, 1.165) is 44.2 Å².